The number of nitrogens with one attached hydrogen (secondary N) is 1. The van der Waals surface area contributed by atoms with Crippen molar-refractivity contribution in [2.75, 3.05) is 33.3 Å². The van der Waals surface area contributed by atoms with Gasteiger partial charge < -0.3 is 10.1 Å². The van der Waals surface area contributed by atoms with Gasteiger partial charge >= 0.3 is 0 Å². The van der Waals surface area contributed by atoms with Crippen molar-refractivity contribution < 1.29 is 9.13 Å². The second-order valence-corrected chi connectivity index (χ2v) is 5.87. The molecule has 22 heavy (non-hydrogen) atoms. The van der Waals surface area contributed by atoms with Crippen LogP contribution in [-0.4, -0.2) is 38.2 Å². The van der Waals surface area contributed by atoms with Crippen LogP contribution in [-0.2, 0) is 0 Å². The highest BCUT2D eigenvalue weighted by molar-refractivity contribution is 5.85. The lowest BCUT2D eigenvalue weighted by Crippen LogP contribution is -2.45. The van der Waals surface area contributed by atoms with E-state index in [-0.39, 0.29) is 36.7 Å². The number of piperazine rings is 1. The third kappa shape index (κ3) is 4.72. The fraction of sp³-hybridized carbons (Fsp3) is 0.625. The lowest BCUT2D eigenvalue weighted by Gasteiger charge is -2.35. The molecule has 1 aromatic carbocycles. The zero-order valence-corrected chi connectivity index (χ0v) is 14.5. The molecular weight excluding hydrogens is 326 g/mol. The Hall–Kier alpha value is -0.550. The minimum atomic E-state index is -0.102. The first-order chi connectivity index (χ1) is 9.78. The lowest BCUT2D eigenvalue weighted by molar-refractivity contribution is 0.157. The van der Waals surface area contributed by atoms with E-state index in [0.29, 0.717) is 0 Å². The first-order valence-electron chi connectivity index (χ1n) is 7.56. The summed E-state index contributed by atoms with van der Waals surface area (Å²) in [5, 5.41) is 3.37. The van der Waals surface area contributed by atoms with Crippen LogP contribution in [0.15, 0.2) is 18.2 Å². The van der Waals surface area contributed by atoms with Crippen LogP contribution in [0.3, 0.4) is 0 Å². The predicted octanol–water partition coefficient (Wildman–Crippen LogP) is 3.42. The summed E-state index contributed by atoms with van der Waals surface area (Å²) in [5.41, 5.74) is 0.804. The van der Waals surface area contributed by atoms with Crippen molar-refractivity contribution in [3.8, 4) is 5.75 Å². The van der Waals surface area contributed by atoms with Crippen LogP contribution in [0.5, 0.6) is 5.75 Å². The Morgan fingerprint density at radius 2 is 1.95 bits per heavy atom. The number of hydrogen-bond acceptors (Lipinski definition) is 3. The highest BCUT2D eigenvalue weighted by atomic mass is 35.5. The quantitative estimate of drug-likeness (QED) is 0.880. The molecule has 0 unspecified atom stereocenters. The van der Waals surface area contributed by atoms with E-state index >= 15 is 0 Å². The van der Waals surface area contributed by atoms with Gasteiger partial charge in [0.05, 0.1) is 7.11 Å². The fourth-order valence-corrected chi connectivity index (χ4v) is 3.04. The molecule has 1 atom stereocenters. The molecule has 6 heteroatoms. The normalized spacial score (nSPS) is 19.7. The van der Waals surface area contributed by atoms with Crippen LogP contribution in [0, 0.1) is 11.7 Å². The number of methoxy groups -OCH3 is 1. The third-order valence-electron chi connectivity index (χ3n) is 4.41. The number of hydrogen-bond donors (Lipinski definition) is 1. The summed E-state index contributed by atoms with van der Waals surface area (Å²) in [7, 11) is 1.64. The lowest BCUT2D eigenvalue weighted by atomic mass is 9.98. The summed E-state index contributed by atoms with van der Waals surface area (Å²) in [6.07, 6.45) is 3.67. The van der Waals surface area contributed by atoms with Gasteiger partial charge in [0.15, 0.2) is 0 Å². The zero-order valence-electron chi connectivity index (χ0n) is 12.9. The average Bonchev–Trinajstić information content (AvgIpc) is 3.31. The zero-order chi connectivity index (χ0) is 13.9. The summed E-state index contributed by atoms with van der Waals surface area (Å²) < 4.78 is 19.6. The van der Waals surface area contributed by atoms with Gasteiger partial charge in [-0.3, -0.25) is 4.90 Å². The predicted molar refractivity (Wildman–Crippen MR) is 92.0 cm³/mol. The smallest absolute Gasteiger partial charge is 0.128 e. The Balaban J connectivity index is 0.00000121. The van der Waals surface area contributed by atoms with Crippen molar-refractivity contribution in [1.29, 1.82) is 0 Å². The molecule has 0 amide bonds. The molecule has 1 N–H and O–H groups in total. The van der Waals surface area contributed by atoms with Crippen molar-refractivity contribution in [1.82, 2.24) is 10.2 Å². The van der Waals surface area contributed by atoms with Gasteiger partial charge in [0, 0.05) is 37.8 Å². The topological polar surface area (TPSA) is 24.5 Å². The Labute approximate surface area is 144 Å². The first-order valence-corrected chi connectivity index (χ1v) is 7.56. The standard InChI is InChI=1S/C16H23FN2O.2ClH/c1-20-13-4-5-15(17)14(11-13)16(10-12-2-3-12)19-8-6-18-7-9-19;;/h4-5,11-12,16,18H,2-3,6-10H2,1H3;2*1H/t16-;;/m0../s1. The molecular formula is C16H25Cl2FN2O. The molecule has 2 fully saturated rings. The van der Waals surface area contributed by atoms with Crippen LogP contribution in [0.2, 0.25) is 0 Å². The fourth-order valence-electron chi connectivity index (χ4n) is 3.04. The molecule has 1 aliphatic heterocycles. The molecule has 1 aromatic rings. The maximum atomic E-state index is 14.3. The van der Waals surface area contributed by atoms with Crippen LogP contribution in [0.1, 0.15) is 30.9 Å². The van der Waals surface area contributed by atoms with Crippen LogP contribution in [0.4, 0.5) is 4.39 Å². The number of ether oxygens (including phenoxy) is 1. The Kier molecular flexibility index (Phi) is 7.90. The average molecular weight is 351 g/mol. The summed E-state index contributed by atoms with van der Waals surface area (Å²) in [4.78, 5) is 2.42. The van der Waals surface area contributed by atoms with Crippen LogP contribution in [0.25, 0.3) is 0 Å². The molecule has 3 rings (SSSR count). The molecule has 0 radical (unpaired) electrons. The molecule has 1 saturated carbocycles. The van der Waals surface area contributed by atoms with Crippen LogP contribution < -0.4 is 10.1 Å². The summed E-state index contributed by atoms with van der Waals surface area (Å²) in [6.45, 7) is 3.97. The summed E-state index contributed by atoms with van der Waals surface area (Å²) >= 11 is 0. The van der Waals surface area contributed by atoms with Gasteiger partial charge in [0.2, 0.25) is 0 Å². The van der Waals surface area contributed by atoms with Crippen LogP contribution >= 0.6 is 24.8 Å². The third-order valence-corrected chi connectivity index (χ3v) is 4.41. The molecule has 126 valence electrons. The van der Waals surface area contributed by atoms with Crippen molar-refractivity contribution in [3.05, 3.63) is 29.6 Å². The molecule has 0 aromatic heterocycles. The van der Waals surface area contributed by atoms with E-state index in [0.717, 1.165) is 49.8 Å². The number of halogens is 3. The van der Waals surface area contributed by atoms with E-state index in [4.69, 9.17) is 4.74 Å². The van der Waals surface area contributed by atoms with Gasteiger partial charge in [-0.25, -0.2) is 4.39 Å². The van der Waals surface area contributed by atoms with Crippen molar-refractivity contribution in [3.63, 3.8) is 0 Å². The Morgan fingerprint density at radius 3 is 2.55 bits per heavy atom. The summed E-state index contributed by atoms with van der Waals surface area (Å²) in [6, 6.07) is 5.31. The number of nitrogens with zero attached hydrogens (tertiary/aromatic N) is 1. The molecule has 2 aliphatic rings. The molecule has 1 saturated heterocycles. The minimum absolute atomic E-state index is 0. The molecule has 0 spiro atoms. The SMILES string of the molecule is COc1ccc(F)c([C@H](CC2CC2)N2CCNCC2)c1.Cl.Cl. The largest absolute Gasteiger partial charge is 0.497 e. The first kappa shape index (κ1) is 19.5. The molecule has 3 nitrogen and oxygen atoms in total. The molecule has 1 heterocycles. The van der Waals surface area contributed by atoms with E-state index < -0.39 is 0 Å². The summed E-state index contributed by atoms with van der Waals surface area (Å²) in [5.74, 6) is 1.42. The minimum Gasteiger partial charge on any atom is -0.497 e. The van der Waals surface area contributed by atoms with E-state index in [9.17, 15) is 4.39 Å². The second-order valence-electron chi connectivity index (χ2n) is 5.87. The number of benzene rings is 1. The van der Waals surface area contributed by atoms with Crippen molar-refractivity contribution >= 4 is 24.8 Å². The molecule has 0 bridgehead atoms. The van der Waals surface area contributed by atoms with E-state index in [1.165, 1.54) is 18.9 Å². The van der Waals surface area contributed by atoms with Crippen molar-refractivity contribution in [2.45, 2.75) is 25.3 Å². The van der Waals surface area contributed by atoms with Crippen molar-refractivity contribution in [2.24, 2.45) is 5.92 Å². The second kappa shape index (κ2) is 8.92. The van der Waals surface area contributed by atoms with E-state index in [1.54, 1.807) is 13.2 Å². The van der Waals surface area contributed by atoms with Gasteiger partial charge in [0.1, 0.15) is 11.6 Å². The maximum Gasteiger partial charge on any atom is 0.128 e. The monoisotopic (exact) mass is 350 g/mol. The highest BCUT2D eigenvalue weighted by Gasteiger charge is 2.32. The van der Waals surface area contributed by atoms with Gasteiger partial charge in [-0.2, -0.15) is 0 Å². The molecule has 1 aliphatic carbocycles. The van der Waals surface area contributed by atoms with Gasteiger partial charge in [-0.15, -0.1) is 24.8 Å². The maximum absolute atomic E-state index is 14.3. The van der Waals surface area contributed by atoms with Gasteiger partial charge in [-0.1, -0.05) is 12.8 Å². The Morgan fingerprint density at radius 1 is 1.27 bits per heavy atom. The Bertz CT molecular complexity index is 465. The van der Waals surface area contributed by atoms with E-state index in [2.05, 4.69) is 10.2 Å². The van der Waals surface area contributed by atoms with Gasteiger partial charge in [-0.05, 0) is 30.5 Å². The number of rotatable bonds is 5. The van der Waals surface area contributed by atoms with E-state index in [1.807, 2.05) is 6.07 Å². The highest BCUT2D eigenvalue weighted by Crippen LogP contribution is 2.41. The van der Waals surface area contributed by atoms with Gasteiger partial charge in [0.25, 0.3) is 0 Å².